The van der Waals surface area contributed by atoms with Crippen LogP contribution >= 0.6 is 0 Å². The number of carbonyl (C=O) groups is 1. The maximum atomic E-state index is 11.1. The van der Waals surface area contributed by atoms with Gasteiger partial charge in [-0.05, 0) is 31.0 Å². The highest BCUT2D eigenvalue weighted by molar-refractivity contribution is 5.90. The van der Waals surface area contributed by atoms with Crippen LogP contribution in [0.2, 0.25) is 0 Å². The summed E-state index contributed by atoms with van der Waals surface area (Å²) in [6, 6.07) is 4.00. The molecule has 0 fully saturated rings. The summed E-state index contributed by atoms with van der Waals surface area (Å²) in [6.45, 7) is 4.21. The van der Waals surface area contributed by atoms with Gasteiger partial charge in [-0.2, -0.15) is 5.10 Å². The summed E-state index contributed by atoms with van der Waals surface area (Å²) < 4.78 is 5.66. The Balaban J connectivity index is 2.26. The third-order valence-corrected chi connectivity index (χ3v) is 3.12. The molecule has 3 rings (SSSR count). The van der Waals surface area contributed by atoms with Crippen molar-refractivity contribution in [2.45, 2.75) is 20.5 Å². The van der Waals surface area contributed by atoms with Gasteiger partial charge in [-0.25, -0.2) is 4.79 Å². The second kappa shape index (κ2) is 3.60. The molecule has 2 heterocycles. The first-order valence-corrected chi connectivity index (χ1v) is 5.63. The van der Waals surface area contributed by atoms with Gasteiger partial charge in [0.15, 0.2) is 5.69 Å². The number of aryl methyl sites for hydroxylation is 2. The van der Waals surface area contributed by atoms with E-state index in [1.807, 2.05) is 26.0 Å². The maximum absolute atomic E-state index is 11.1. The Bertz CT molecular complexity index is 658. The van der Waals surface area contributed by atoms with Gasteiger partial charge in [-0.3, -0.25) is 5.10 Å². The second-order valence-corrected chi connectivity index (χ2v) is 4.48. The number of carboxylic acid groups (broad SMARTS) is 1. The van der Waals surface area contributed by atoms with Crippen LogP contribution in [-0.4, -0.2) is 21.3 Å². The monoisotopic (exact) mass is 244 g/mol. The lowest BCUT2D eigenvalue weighted by Gasteiger charge is -2.19. The van der Waals surface area contributed by atoms with Crippen molar-refractivity contribution < 1.29 is 14.6 Å². The molecular weight excluding hydrogens is 232 g/mol. The van der Waals surface area contributed by atoms with E-state index in [4.69, 9.17) is 9.84 Å². The van der Waals surface area contributed by atoms with Crippen LogP contribution in [0.25, 0.3) is 11.3 Å². The molecule has 0 saturated carbocycles. The molecule has 1 aromatic heterocycles. The first kappa shape index (κ1) is 10.8. The van der Waals surface area contributed by atoms with Crippen molar-refractivity contribution in [3.8, 4) is 17.0 Å². The van der Waals surface area contributed by atoms with Crippen molar-refractivity contribution in [2.24, 2.45) is 0 Å². The highest BCUT2D eigenvalue weighted by Gasteiger charge is 2.27. The van der Waals surface area contributed by atoms with E-state index in [-0.39, 0.29) is 12.3 Å². The minimum atomic E-state index is -1.01. The number of aromatic nitrogens is 2. The van der Waals surface area contributed by atoms with Gasteiger partial charge in [0.1, 0.15) is 18.1 Å². The summed E-state index contributed by atoms with van der Waals surface area (Å²) in [7, 11) is 0. The molecule has 2 N–H and O–H groups in total. The molecule has 0 bridgehead atoms. The zero-order valence-corrected chi connectivity index (χ0v) is 10.1. The molecule has 2 aromatic rings. The van der Waals surface area contributed by atoms with Gasteiger partial charge in [0.05, 0.1) is 5.56 Å². The lowest BCUT2D eigenvalue weighted by Crippen LogP contribution is -2.10. The average Bonchev–Trinajstić information content (AvgIpc) is 2.72. The van der Waals surface area contributed by atoms with Crippen molar-refractivity contribution in [3.05, 3.63) is 34.5 Å². The van der Waals surface area contributed by atoms with Gasteiger partial charge in [-0.15, -0.1) is 0 Å². The molecule has 1 aromatic carbocycles. The summed E-state index contributed by atoms with van der Waals surface area (Å²) in [4.78, 5) is 11.1. The average molecular weight is 244 g/mol. The normalized spacial score (nSPS) is 12.6. The summed E-state index contributed by atoms with van der Waals surface area (Å²) in [6.07, 6.45) is 0. The van der Waals surface area contributed by atoms with Crippen molar-refractivity contribution in [1.29, 1.82) is 0 Å². The topological polar surface area (TPSA) is 75.2 Å². The Morgan fingerprint density at radius 2 is 2.22 bits per heavy atom. The fraction of sp³-hybridized carbons (Fsp3) is 0.231. The molecule has 92 valence electrons. The van der Waals surface area contributed by atoms with E-state index in [1.165, 1.54) is 0 Å². The predicted molar refractivity (Wildman–Crippen MR) is 64.8 cm³/mol. The number of aromatic carboxylic acids is 1. The van der Waals surface area contributed by atoms with E-state index in [9.17, 15) is 4.79 Å². The lowest BCUT2D eigenvalue weighted by atomic mass is 9.98. The summed E-state index contributed by atoms with van der Waals surface area (Å²) in [5.74, 6) is -0.225. The van der Waals surface area contributed by atoms with E-state index in [0.717, 1.165) is 22.4 Å². The Morgan fingerprint density at radius 1 is 1.44 bits per heavy atom. The van der Waals surface area contributed by atoms with Crippen molar-refractivity contribution in [2.75, 3.05) is 0 Å². The quantitative estimate of drug-likeness (QED) is 0.807. The second-order valence-electron chi connectivity index (χ2n) is 4.48. The fourth-order valence-corrected chi connectivity index (χ4v) is 2.37. The molecule has 0 aliphatic carbocycles. The number of fused-ring (bicyclic) bond motifs is 3. The molecule has 0 atom stereocenters. The van der Waals surface area contributed by atoms with E-state index in [1.54, 1.807) is 0 Å². The van der Waals surface area contributed by atoms with Crippen LogP contribution in [-0.2, 0) is 6.61 Å². The van der Waals surface area contributed by atoms with Crippen molar-refractivity contribution in [3.63, 3.8) is 0 Å². The van der Waals surface area contributed by atoms with E-state index < -0.39 is 5.97 Å². The molecular formula is C13H12N2O3. The molecule has 1 aliphatic rings. The van der Waals surface area contributed by atoms with Gasteiger partial charge in [-0.1, -0.05) is 6.07 Å². The zero-order valence-electron chi connectivity index (χ0n) is 10.1. The van der Waals surface area contributed by atoms with Crippen LogP contribution in [0.3, 0.4) is 0 Å². The number of rotatable bonds is 1. The highest BCUT2D eigenvalue weighted by atomic mass is 16.5. The number of benzene rings is 1. The van der Waals surface area contributed by atoms with Gasteiger partial charge in [0, 0.05) is 5.56 Å². The molecule has 0 saturated heterocycles. The Morgan fingerprint density at radius 3 is 2.94 bits per heavy atom. The predicted octanol–water partition coefficient (Wildman–Crippen LogP) is 2.28. The number of hydrogen-bond donors (Lipinski definition) is 2. The number of nitrogens with zero attached hydrogens (tertiary/aromatic N) is 1. The van der Waals surface area contributed by atoms with Crippen molar-refractivity contribution in [1.82, 2.24) is 10.2 Å². The van der Waals surface area contributed by atoms with Crippen LogP contribution in [0.1, 0.15) is 27.2 Å². The van der Waals surface area contributed by atoms with Gasteiger partial charge in [0.25, 0.3) is 0 Å². The molecule has 0 unspecified atom stereocenters. The number of H-pyrrole nitrogens is 1. The summed E-state index contributed by atoms with van der Waals surface area (Å²) >= 11 is 0. The molecule has 0 radical (unpaired) electrons. The third-order valence-electron chi connectivity index (χ3n) is 3.12. The van der Waals surface area contributed by atoms with Crippen LogP contribution in [0, 0.1) is 13.8 Å². The summed E-state index contributed by atoms with van der Waals surface area (Å²) in [5.41, 5.74) is 4.39. The highest BCUT2D eigenvalue weighted by Crippen LogP contribution is 2.40. The van der Waals surface area contributed by atoms with Crippen LogP contribution in [0.5, 0.6) is 5.75 Å². The van der Waals surface area contributed by atoms with Crippen molar-refractivity contribution >= 4 is 5.97 Å². The van der Waals surface area contributed by atoms with Crippen LogP contribution in [0.4, 0.5) is 0 Å². The number of nitrogens with one attached hydrogen (secondary N) is 1. The molecule has 5 nitrogen and oxygen atoms in total. The number of hydrogen-bond acceptors (Lipinski definition) is 3. The third kappa shape index (κ3) is 1.40. The Hall–Kier alpha value is -2.30. The minimum absolute atomic E-state index is 0.106. The maximum Gasteiger partial charge on any atom is 0.354 e. The fourth-order valence-electron chi connectivity index (χ4n) is 2.37. The van der Waals surface area contributed by atoms with E-state index in [0.29, 0.717) is 11.3 Å². The lowest BCUT2D eigenvalue weighted by molar-refractivity contribution is 0.0687. The smallest absolute Gasteiger partial charge is 0.354 e. The molecule has 0 amide bonds. The SMILES string of the molecule is Cc1cc(C)c2c(c1)-c1n[nH]c(C(=O)O)c1CO2. The van der Waals surface area contributed by atoms with Crippen LogP contribution in [0.15, 0.2) is 12.1 Å². The minimum Gasteiger partial charge on any atom is -0.488 e. The molecule has 18 heavy (non-hydrogen) atoms. The number of aromatic amines is 1. The van der Waals surface area contributed by atoms with Crippen LogP contribution < -0.4 is 4.74 Å². The molecule has 5 heteroatoms. The Labute approximate surface area is 103 Å². The van der Waals surface area contributed by atoms with Gasteiger partial charge in [0.2, 0.25) is 0 Å². The number of ether oxygens (including phenoxy) is 1. The Kier molecular flexibility index (Phi) is 2.16. The summed E-state index contributed by atoms with van der Waals surface area (Å²) in [5, 5.41) is 15.7. The van der Waals surface area contributed by atoms with E-state index in [2.05, 4.69) is 10.2 Å². The van der Waals surface area contributed by atoms with E-state index >= 15 is 0 Å². The standard InChI is InChI=1S/C13H12N2O3/c1-6-3-7(2)12-8(4-6)10-9(5-18-12)11(13(16)17)15-14-10/h3-4H,5H2,1-2H3,(H,14,15)(H,16,17). The zero-order chi connectivity index (χ0) is 12.9. The molecule has 1 aliphatic heterocycles. The first-order chi connectivity index (χ1) is 8.58. The largest absolute Gasteiger partial charge is 0.488 e. The molecule has 0 spiro atoms. The van der Waals surface area contributed by atoms with Gasteiger partial charge < -0.3 is 9.84 Å². The van der Waals surface area contributed by atoms with Gasteiger partial charge >= 0.3 is 5.97 Å². The first-order valence-electron chi connectivity index (χ1n) is 5.63. The number of carboxylic acids is 1.